The highest BCUT2D eigenvalue weighted by atomic mass is 19.3. The molecule has 37 heavy (non-hydrogen) atoms. The van der Waals surface area contributed by atoms with Crippen LogP contribution in [0.4, 0.5) is 29.3 Å². The van der Waals surface area contributed by atoms with Crippen LogP contribution in [-0.4, -0.2) is 90.0 Å². The van der Waals surface area contributed by atoms with Gasteiger partial charge in [-0.25, -0.2) is 23.4 Å². The Morgan fingerprint density at radius 1 is 1.24 bits per heavy atom. The first-order valence-corrected chi connectivity index (χ1v) is 11.7. The number of alkyl halides is 2. The van der Waals surface area contributed by atoms with Gasteiger partial charge >= 0.3 is 6.09 Å². The number of Topliss-reactive ketones (excluding diaryl/α,β-unsaturated/α-hetero) is 1. The van der Waals surface area contributed by atoms with Gasteiger partial charge < -0.3 is 15.0 Å². The number of H-pyrrole nitrogens is 1. The van der Waals surface area contributed by atoms with Gasteiger partial charge in [0.15, 0.2) is 5.78 Å². The van der Waals surface area contributed by atoms with Crippen molar-refractivity contribution in [2.24, 2.45) is 0 Å². The molecule has 3 N–H and O–H groups in total. The predicted molar refractivity (Wildman–Crippen MR) is 124 cm³/mol. The average molecular weight is 525 g/mol. The van der Waals surface area contributed by atoms with Crippen molar-refractivity contribution in [1.82, 2.24) is 31.2 Å². The Morgan fingerprint density at radius 3 is 2.81 bits per heavy atom. The fourth-order valence-electron chi connectivity index (χ4n) is 4.10. The van der Waals surface area contributed by atoms with Gasteiger partial charge in [-0.05, 0) is 24.6 Å². The summed E-state index contributed by atoms with van der Waals surface area (Å²) in [4.78, 5) is 38.9. The number of anilines is 2. The molecule has 2 amide bonds. The third-order valence-electron chi connectivity index (χ3n) is 6.04. The molecule has 2 aliphatic heterocycles. The minimum absolute atomic E-state index is 0.0300. The number of hydrogen-bond donors (Lipinski definition) is 3. The number of benzene rings is 1. The number of hydrazine groups is 1. The molecule has 0 bridgehead atoms. The predicted octanol–water partition coefficient (Wildman–Crippen LogP) is 0.826. The van der Waals surface area contributed by atoms with Crippen molar-refractivity contribution in [2.75, 3.05) is 49.1 Å². The first-order valence-electron chi connectivity index (χ1n) is 11.7. The van der Waals surface area contributed by atoms with E-state index in [1.807, 2.05) is 0 Å². The van der Waals surface area contributed by atoms with Crippen LogP contribution in [0.1, 0.15) is 18.5 Å². The molecular weight excluding hydrogens is 497 g/mol. The highest BCUT2D eigenvalue weighted by molar-refractivity contribution is 5.90. The number of carbonyl (C=O) groups excluding carboxylic acids is 3. The summed E-state index contributed by atoms with van der Waals surface area (Å²) in [6, 6.07) is 4.32. The number of amides is 2. The maximum absolute atomic E-state index is 15.1. The lowest BCUT2D eigenvalue weighted by Gasteiger charge is -2.24. The van der Waals surface area contributed by atoms with E-state index in [9.17, 15) is 23.2 Å². The maximum atomic E-state index is 15.1. The van der Waals surface area contributed by atoms with Gasteiger partial charge in [-0.2, -0.15) is 15.4 Å². The topological polar surface area (TPSA) is 136 Å². The second-order valence-corrected chi connectivity index (χ2v) is 8.56. The summed E-state index contributed by atoms with van der Waals surface area (Å²) in [5.74, 6) is -1.94. The van der Waals surface area contributed by atoms with Crippen molar-refractivity contribution < 1.29 is 32.3 Å². The second-order valence-electron chi connectivity index (χ2n) is 8.56. The molecule has 0 radical (unpaired) electrons. The van der Waals surface area contributed by atoms with Gasteiger partial charge in [-0.3, -0.25) is 19.5 Å². The van der Waals surface area contributed by atoms with E-state index in [2.05, 4.69) is 26.2 Å². The first kappa shape index (κ1) is 26.3. The smallest absolute Gasteiger partial charge is 0.414 e. The first-order chi connectivity index (χ1) is 17.8. The number of nitrogens with zero attached hydrogens (tertiary/aromatic N) is 5. The van der Waals surface area contributed by atoms with E-state index in [0.717, 1.165) is 0 Å². The standard InChI is InChI=1S/C22H27F3N8O4/c23-17-9-15(32-13-16(37-22(32)36)2-4-19(34)21(24)25)1-3-18(17)31-6-5-28-33(8-7-31)20(35)12-26-10-14-11-27-30-29-14/h1,3,9,11,16,21,26,28H,2,4-8,10,12-13H2,(H,27,29,30)/t16-/m0/s1. The van der Waals surface area contributed by atoms with E-state index in [-0.39, 0.29) is 31.1 Å². The van der Waals surface area contributed by atoms with Crippen LogP contribution in [0.5, 0.6) is 0 Å². The molecule has 2 aliphatic rings. The minimum Gasteiger partial charge on any atom is -0.444 e. The number of cyclic esters (lactones) is 1. The lowest BCUT2D eigenvalue weighted by atomic mass is 10.1. The van der Waals surface area contributed by atoms with E-state index >= 15 is 4.39 Å². The van der Waals surface area contributed by atoms with E-state index in [4.69, 9.17) is 4.74 Å². The molecule has 200 valence electrons. The van der Waals surface area contributed by atoms with Crippen LogP contribution in [0.25, 0.3) is 0 Å². The SMILES string of the molecule is O=C(CC[C@H]1CN(c2ccc(N3CCNN(C(=O)CNCc4cn[nH]n4)CC3)c(F)c2)C(=O)O1)C(F)F. The zero-order valence-electron chi connectivity index (χ0n) is 19.8. The van der Waals surface area contributed by atoms with E-state index in [0.29, 0.717) is 44.1 Å². The van der Waals surface area contributed by atoms with Crippen LogP contribution in [0.15, 0.2) is 24.4 Å². The molecule has 12 nitrogen and oxygen atoms in total. The third-order valence-corrected chi connectivity index (χ3v) is 6.04. The van der Waals surface area contributed by atoms with E-state index in [1.54, 1.807) is 23.2 Å². The van der Waals surface area contributed by atoms with E-state index in [1.165, 1.54) is 16.0 Å². The molecule has 0 unspecified atom stereocenters. The molecule has 0 spiro atoms. The highest BCUT2D eigenvalue weighted by Gasteiger charge is 2.33. The number of aromatic nitrogens is 3. The Kier molecular flexibility index (Phi) is 8.55. The molecule has 2 saturated heterocycles. The Hall–Kier alpha value is -3.72. The van der Waals surface area contributed by atoms with Crippen LogP contribution in [0, 0.1) is 5.82 Å². The van der Waals surface area contributed by atoms with Crippen LogP contribution in [0.3, 0.4) is 0 Å². The number of halogens is 3. The number of rotatable bonds is 10. The molecule has 1 atom stereocenters. The van der Waals surface area contributed by atoms with Crippen molar-refractivity contribution in [3.8, 4) is 0 Å². The highest BCUT2D eigenvalue weighted by Crippen LogP contribution is 2.29. The normalized spacial score (nSPS) is 18.3. The molecular formula is C22H27F3N8O4. The molecule has 4 rings (SSSR count). The van der Waals surface area contributed by atoms with Crippen molar-refractivity contribution in [3.63, 3.8) is 0 Å². The van der Waals surface area contributed by atoms with Crippen molar-refractivity contribution in [3.05, 3.63) is 35.9 Å². The van der Waals surface area contributed by atoms with Gasteiger partial charge in [-0.15, -0.1) is 0 Å². The fourth-order valence-corrected chi connectivity index (χ4v) is 4.10. The number of ether oxygens (including phenoxy) is 1. The van der Waals surface area contributed by atoms with Gasteiger partial charge in [0, 0.05) is 32.6 Å². The molecule has 2 fully saturated rings. The van der Waals surface area contributed by atoms with Gasteiger partial charge in [0.05, 0.1) is 42.9 Å². The van der Waals surface area contributed by atoms with Gasteiger partial charge in [0.25, 0.3) is 12.3 Å². The Bertz CT molecular complexity index is 1100. The summed E-state index contributed by atoms with van der Waals surface area (Å²) in [5.41, 5.74) is 4.30. The maximum Gasteiger partial charge on any atom is 0.414 e. The molecule has 1 aromatic heterocycles. The summed E-state index contributed by atoms with van der Waals surface area (Å²) in [6.07, 6.45) is -3.40. The average Bonchev–Trinajstić information content (AvgIpc) is 3.45. The van der Waals surface area contributed by atoms with Crippen LogP contribution >= 0.6 is 0 Å². The zero-order valence-corrected chi connectivity index (χ0v) is 19.8. The number of ketones is 1. The van der Waals surface area contributed by atoms with Crippen LogP contribution in [0.2, 0.25) is 0 Å². The Balaban J connectivity index is 1.30. The Labute approximate surface area is 210 Å². The number of aromatic amines is 1. The quantitative estimate of drug-likeness (QED) is 0.413. The fraction of sp³-hybridized carbons (Fsp3) is 0.500. The molecule has 0 saturated carbocycles. The number of carbonyl (C=O) groups is 3. The lowest BCUT2D eigenvalue weighted by Crippen LogP contribution is -2.47. The van der Waals surface area contributed by atoms with Crippen molar-refractivity contribution in [2.45, 2.75) is 31.9 Å². The molecule has 2 aromatic rings. The van der Waals surface area contributed by atoms with Gasteiger partial charge in [0.2, 0.25) is 0 Å². The van der Waals surface area contributed by atoms with Crippen LogP contribution < -0.4 is 20.5 Å². The summed E-state index contributed by atoms with van der Waals surface area (Å²) in [5, 5.41) is 14.6. The molecule has 3 heterocycles. The summed E-state index contributed by atoms with van der Waals surface area (Å²) < 4.78 is 45.0. The second kappa shape index (κ2) is 12.0. The van der Waals surface area contributed by atoms with Crippen molar-refractivity contribution >= 4 is 29.2 Å². The third kappa shape index (κ3) is 6.74. The van der Waals surface area contributed by atoms with Gasteiger partial charge in [0.1, 0.15) is 11.9 Å². The molecule has 15 heteroatoms. The lowest BCUT2D eigenvalue weighted by molar-refractivity contribution is -0.133. The van der Waals surface area contributed by atoms with Gasteiger partial charge in [-0.1, -0.05) is 0 Å². The zero-order chi connectivity index (χ0) is 26.4. The monoisotopic (exact) mass is 524 g/mol. The van der Waals surface area contributed by atoms with E-state index < -0.39 is 36.6 Å². The molecule has 1 aromatic carbocycles. The van der Waals surface area contributed by atoms with Crippen LogP contribution in [-0.2, 0) is 20.9 Å². The minimum atomic E-state index is -3.06. The summed E-state index contributed by atoms with van der Waals surface area (Å²) in [6.45, 7) is 2.06. The number of hydrogen-bond acceptors (Lipinski definition) is 9. The Morgan fingerprint density at radius 2 is 2.08 bits per heavy atom. The summed E-state index contributed by atoms with van der Waals surface area (Å²) in [7, 11) is 0. The largest absolute Gasteiger partial charge is 0.444 e. The number of nitrogens with one attached hydrogen (secondary N) is 3. The van der Waals surface area contributed by atoms with Crippen molar-refractivity contribution in [1.29, 1.82) is 0 Å². The summed E-state index contributed by atoms with van der Waals surface area (Å²) >= 11 is 0. The molecule has 0 aliphatic carbocycles.